The van der Waals surface area contributed by atoms with Crippen LogP contribution in [0.25, 0.3) is 0 Å². The fourth-order valence-electron chi connectivity index (χ4n) is 1.37. The third-order valence-electron chi connectivity index (χ3n) is 2.28. The molecule has 0 aromatic rings. The highest BCUT2D eigenvalue weighted by Crippen LogP contribution is 2.17. The third kappa shape index (κ3) is 11.8. The van der Waals surface area contributed by atoms with E-state index < -0.39 is 0 Å². The van der Waals surface area contributed by atoms with E-state index in [1.807, 2.05) is 0 Å². The zero-order chi connectivity index (χ0) is 12.4. The molecule has 0 aliphatic heterocycles. The van der Waals surface area contributed by atoms with E-state index in [0.29, 0.717) is 0 Å². The van der Waals surface area contributed by atoms with Crippen LogP contribution in [0.15, 0.2) is 36.0 Å². The molecule has 0 aliphatic rings. The maximum absolute atomic E-state index is 3.59. The summed E-state index contributed by atoms with van der Waals surface area (Å²) in [4.78, 5) is 0. The van der Waals surface area contributed by atoms with Crippen molar-refractivity contribution >= 4 is 15.9 Å². The van der Waals surface area contributed by atoms with E-state index in [1.165, 1.54) is 18.4 Å². The number of halogens is 1. The Morgan fingerprint density at radius 3 is 2.38 bits per heavy atom. The Morgan fingerprint density at radius 2 is 1.81 bits per heavy atom. The molecule has 0 bridgehead atoms. The Kier molecular flexibility index (Phi) is 8.64. The monoisotopic (exact) mass is 284 g/mol. The number of allylic oxidation sites excluding steroid dienone is 6. The van der Waals surface area contributed by atoms with Crippen molar-refractivity contribution < 1.29 is 0 Å². The van der Waals surface area contributed by atoms with Gasteiger partial charge in [0.15, 0.2) is 0 Å². The molecule has 0 unspecified atom stereocenters. The Bertz CT molecular complexity index is 251. The number of hydrogen-bond donors (Lipinski definition) is 0. The van der Waals surface area contributed by atoms with Crippen LogP contribution in [0.2, 0.25) is 0 Å². The van der Waals surface area contributed by atoms with Gasteiger partial charge in [-0.15, -0.1) is 0 Å². The lowest BCUT2D eigenvalue weighted by Gasteiger charge is -2.08. The molecule has 0 atom stereocenters. The van der Waals surface area contributed by atoms with Crippen LogP contribution in [0, 0.1) is 0 Å². The lowest BCUT2D eigenvalue weighted by Crippen LogP contribution is -2.02. The molecule has 0 saturated carbocycles. The largest absolute Gasteiger partial charge is 0.0917 e. The topological polar surface area (TPSA) is 0 Å². The predicted octanol–water partition coefficient (Wildman–Crippen LogP) is 5.80. The summed E-state index contributed by atoms with van der Waals surface area (Å²) in [6.45, 7) is 8.61. The van der Waals surface area contributed by atoms with E-state index in [2.05, 4.69) is 74.0 Å². The number of alkyl halides is 1. The molecule has 1 heteroatoms. The zero-order valence-electron chi connectivity index (χ0n) is 11.1. The van der Waals surface area contributed by atoms with Crippen LogP contribution < -0.4 is 0 Å². The summed E-state index contributed by atoms with van der Waals surface area (Å²) in [6, 6.07) is 0. The van der Waals surface area contributed by atoms with Crippen molar-refractivity contribution in [2.24, 2.45) is 0 Å². The molecule has 0 spiro atoms. The molecule has 0 aromatic heterocycles. The van der Waals surface area contributed by atoms with Crippen LogP contribution in [0.5, 0.6) is 0 Å². The molecule has 0 radical (unpaired) electrons. The van der Waals surface area contributed by atoms with Gasteiger partial charge >= 0.3 is 0 Å². The van der Waals surface area contributed by atoms with Crippen LogP contribution in [0.1, 0.15) is 53.4 Å². The summed E-state index contributed by atoms with van der Waals surface area (Å²) in [5, 5.41) is 0. The van der Waals surface area contributed by atoms with Gasteiger partial charge in [-0.25, -0.2) is 0 Å². The summed E-state index contributed by atoms with van der Waals surface area (Å²) < 4.78 is 0.137. The summed E-state index contributed by atoms with van der Waals surface area (Å²) in [5.41, 5.74) is 1.50. The molecule has 0 N–H and O–H groups in total. The minimum atomic E-state index is 0.137. The van der Waals surface area contributed by atoms with Crippen LogP contribution in [0.4, 0.5) is 0 Å². The van der Waals surface area contributed by atoms with Crippen molar-refractivity contribution in [1.82, 2.24) is 0 Å². The van der Waals surface area contributed by atoms with Gasteiger partial charge < -0.3 is 0 Å². The van der Waals surface area contributed by atoms with Gasteiger partial charge in [-0.1, -0.05) is 51.9 Å². The van der Waals surface area contributed by atoms with E-state index in [-0.39, 0.29) is 4.32 Å². The Labute approximate surface area is 110 Å². The summed E-state index contributed by atoms with van der Waals surface area (Å²) in [5.74, 6) is 0. The van der Waals surface area contributed by atoms with Gasteiger partial charge in [0.05, 0.1) is 0 Å². The van der Waals surface area contributed by atoms with Crippen LogP contribution in [-0.4, -0.2) is 4.32 Å². The lowest BCUT2D eigenvalue weighted by atomic mass is 10.1. The van der Waals surface area contributed by atoms with Gasteiger partial charge in [0, 0.05) is 4.32 Å². The van der Waals surface area contributed by atoms with E-state index >= 15 is 0 Å². The second-order valence-electron chi connectivity index (χ2n) is 4.70. The fraction of sp³-hybridized carbons (Fsp3) is 0.600. The van der Waals surface area contributed by atoms with Crippen molar-refractivity contribution in [1.29, 1.82) is 0 Å². The molecule has 92 valence electrons. The minimum absolute atomic E-state index is 0.137. The average molecular weight is 285 g/mol. The van der Waals surface area contributed by atoms with E-state index in [1.54, 1.807) is 0 Å². The van der Waals surface area contributed by atoms with Crippen LogP contribution in [0.3, 0.4) is 0 Å². The molecule has 16 heavy (non-hydrogen) atoms. The van der Waals surface area contributed by atoms with Crippen molar-refractivity contribution in [2.75, 3.05) is 0 Å². The van der Waals surface area contributed by atoms with Crippen molar-refractivity contribution in [2.45, 2.75) is 57.7 Å². The molecular weight excluding hydrogens is 260 g/mol. The number of hydrogen-bond acceptors (Lipinski definition) is 0. The Balaban J connectivity index is 3.70. The first-order chi connectivity index (χ1) is 7.45. The Hall–Kier alpha value is -0.300. The van der Waals surface area contributed by atoms with Gasteiger partial charge in [0.2, 0.25) is 0 Å². The molecule has 0 aliphatic carbocycles. The molecular formula is C15H25Br. The van der Waals surface area contributed by atoms with E-state index in [4.69, 9.17) is 0 Å². The fourth-order valence-corrected chi connectivity index (χ4v) is 1.56. The third-order valence-corrected chi connectivity index (χ3v) is 2.55. The Morgan fingerprint density at radius 1 is 1.12 bits per heavy atom. The second-order valence-corrected chi connectivity index (χ2v) is 6.75. The molecule has 0 heterocycles. The molecule has 0 nitrogen and oxygen atoms in total. The van der Waals surface area contributed by atoms with E-state index in [9.17, 15) is 0 Å². The van der Waals surface area contributed by atoms with Gasteiger partial charge in [0.1, 0.15) is 0 Å². The highest BCUT2D eigenvalue weighted by molar-refractivity contribution is 9.10. The highest BCUT2D eigenvalue weighted by atomic mass is 79.9. The lowest BCUT2D eigenvalue weighted by molar-refractivity contribution is 0.900. The number of unbranched alkanes of at least 4 members (excludes halogenated alkanes) is 1. The molecule has 0 saturated heterocycles. The smallest absolute Gasteiger partial charge is 0.0380 e. The predicted molar refractivity (Wildman–Crippen MR) is 79.2 cm³/mol. The molecule has 0 amide bonds. The van der Waals surface area contributed by atoms with Crippen molar-refractivity contribution in [3.63, 3.8) is 0 Å². The summed E-state index contributed by atoms with van der Waals surface area (Å²) in [7, 11) is 0. The van der Waals surface area contributed by atoms with Gasteiger partial charge in [0.25, 0.3) is 0 Å². The quantitative estimate of drug-likeness (QED) is 0.315. The standard InChI is InChI=1S/C15H25Br/c1-5-6-8-11-14(2)12-9-7-10-13-15(3,4)16/h5-6,10,12-13H,7-9,11H2,1-4H3. The number of rotatable bonds is 7. The normalized spacial score (nSPS) is 14.2. The SMILES string of the molecule is CC=CCCC(C)=CCCC=CC(C)(C)Br. The van der Waals surface area contributed by atoms with Crippen molar-refractivity contribution in [3.8, 4) is 0 Å². The summed E-state index contributed by atoms with van der Waals surface area (Å²) in [6.07, 6.45) is 15.8. The highest BCUT2D eigenvalue weighted by Gasteiger charge is 2.04. The first-order valence-electron chi connectivity index (χ1n) is 6.09. The van der Waals surface area contributed by atoms with Crippen LogP contribution in [-0.2, 0) is 0 Å². The minimum Gasteiger partial charge on any atom is -0.0917 e. The van der Waals surface area contributed by atoms with Crippen LogP contribution >= 0.6 is 15.9 Å². The second kappa shape index (κ2) is 8.81. The zero-order valence-corrected chi connectivity index (χ0v) is 12.7. The first-order valence-corrected chi connectivity index (χ1v) is 6.88. The first kappa shape index (κ1) is 15.7. The van der Waals surface area contributed by atoms with Gasteiger partial charge in [-0.2, -0.15) is 0 Å². The van der Waals surface area contributed by atoms with E-state index in [0.717, 1.165) is 12.8 Å². The maximum atomic E-state index is 3.59. The maximum Gasteiger partial charge on any atom is 0.0380 e. The molecule has 0 rings (SSSR count). The van der Waals surface area contributed by atoms with Gasteiger partial charge in [-0.3, -0.25) is 0 Å². The molecule has 0 fully saturated rings. The average Bonchev–Trinajstić information content (AvgIpc) is 2.16. The summed E-state index contributed by atoms with van der Waals surface area (Å²) >= 11 is 3.59. The van der Waals surface area contributed by atoms with Crippen molar-refractivity contribution in [3.05, 3.63) is 36.0 Å². The molecule has 0 aromatic carbocycles. The van der Waals surface area contributed by atoms with Gasteiger partial charge in [-0.05, 0) is 53.4 Å².